The van der Waals surface area contributed by atoms with Crippen LogP contribution in [0.4, 0.5) is 34.1 Å². The van der Waals surface area contributed by atoms with E-state index in [9.17, 15) is 0 Å². The molecule has 0 fully saturated rings. The van der Waals surface area contributed by atoms with Gasteiger partial charge in [0.1, 0.15) is 0 Å². The second-order valence-electron chi connectivity index (χ2n) is 34.8. The Kier molecular flexibility index (Phi) is 16.0. The zero-order valence-electron chi connectivity index (χ0n) is 67.7. The molecule has 23 rings (SSSR count). The van der Waals surface area contributed by atoms with Crippen LogP contribution in [0.2, 0.25) is 0 Å². The molecule has 0 spiro atoms. The van der Waals surface area contributed by atoms with Crippen molar-refractivity contribution in [1.82, 2.24) is 9.13 Å². The van der Waals surface area contributed by atoms with E-state index in [-0.39, 0.29) is 21.7 Å². The Balaban J connectivity index is 0.000000143. The molecule has 0 saturated carbocycles. The Hall–Kier alpha value is -14.1. The lowest BCUT2D eigenvalue weighted by Crippen LogP contribution is -2.17. The second-order valence-corrected chi connectivity index (χ2v) is 34.8. The van der Waals surface area contributed by atoms with Crippen LogP contribution in [0.5, 0.6) is 0 Å². The highest BCUT2D eigenvalue weighted by Crippen LogP contribution is 2.57. The summed E-state index contributed by atoms with van der Waals surface area (Å²) in [6, 6.07) is 144. The van der Waals surface area contributed by atoms with Crippen LogP contribution in [-0.4, -0.2) is 9.13 Å². The van der Waals surface area contributed by atoms with E-state index >= 15 is 0 Å². The SMILES string of the molecule is CC1(C)c2cc(N(c3ccc(-c4ccccc4)cc3)c3ccc(-c4ccccc4)cc3)ccc2-c2ccc(-n3c4ccccc4c4cc5c(cc43)C(C)(C)c3ccccc3-5)cc21.CC1(C)c2cc(N(c3ccccc3)c3ccc(-c4ccccc4)cc3)ccc2-c2ccc(-n3c4ccccc4c4cc5c(cc43)C(C)(C)c3ccccc3-5)cc21. The van der Waals surface area contributed by atoms with Crippen LogP contribution in [0.15, 0.2) is 388 Å². The van der Waals surface area contributed by atoms with E-state index < -0.39 is 0 Å². The molecule has 0 radical (unpaired) electrons. The fourth-order valence-electron chi connectivity index (χ4n) is 20.6. The van der Waals surface area contributed by atoms with Crippen molar-refractivity contribution in [3.05, 3.63) is 433 Å². The van der Waals surface area contributed by atoms with Gasteiger partial charge in [0.25, 0.3) is 0 Å². The summed E-state index contributed by atoms with van der Waals surface area (Å²) in [5, 5.41) is 5.18. The molecule has 0 atom stereocenters. The largest absolute Gasteiger partial charge is 0.310 e. The van der Waals surface area contributed by atoms with Crippen LogP contribution in [0.25, 0.3) is 133 Å². The number of rotatable bonds is 11. The molecular weight excluding hydrogens is 1430 g/mol. The molecule has 118 heavy (non-hydrogen) atoms. The fraction of sp³-hybridized carbons (Fsp3) is 0.105. The minimum absolute atomic E-state index is 0.0712. The van der Waals surface area contributed by atoms with E-state index in [1.165, 1.54) is 177 Å². The molecular formula is C114H88N4. The zero-order valence-corrected chi connectivity index (χ0v) is 67.7. The first-order chi connectivity index (χ1) is 57.5. The Bertz CT molecular complexity index is 7160. The molecule has 4 nitrogen and oxygen atoms in total. The smallest absolute Gasteiger partial charge is 0.0544 e. The predicted octanol–water partition coefficient (Wildman–Crippen LogP) is 30.7. The fourth-order valence-corrected chi connectivity index (χ4v) is 20.6. The van der Waals surface area contributed by atoms with Crippen LogP contribution in [0, 0.1) is 0 Å². The summed E-state index contributed by atoms with van der Waals surface area (Å²) < 4.78 is 5.01. The summed E-state index contributed by atoms with van der Waals surface area (Å²) in [5.74, 6) is 0. The van der Waals surface area contributed by atoms with E-state index in [0.717, 1.165) is 34.1 Å². The minimum Gasteiger partial charge on any atom is -0.310 e. The van der Waals surface area contributed by atoms with Gasteiger partial charge in [-0.05, 0) is 256 Å². The Morgan fingerprint density at radius 1 is 0.169 bits per heavy atom. The number of hydrogen-bond donors (Lipinski definition) is 0. The maximum atomic E-state index is 2.51. The van der Waals surface area contributed by atoms with Gasteiger partial charge in [0.2, 0.25) is 0 Å². The van der Waals surface area contributed by atoms with Gasteiger partial charge in [-0.15, -0.1) is 0 Å². The number of anilines is 6. The van der Waals surface area contributed by atoms with E-state index in [2.05, 4.69) is 463 Å². The van der Waals surface area contributed by atoms with Crippen molar-refractivity contribution in [2.24, 2.45) is 0 Å². The van der Waals surface area contributed by atoms with Crippen molar-refractivity contribution in [2.75, 3.05) is 9.80 Å². The lowest BCUT2D eigenvalue weighted by molar-refractivity contribution is 0.659. The second kappa shape index (κ2) is 26.8. The maximum absolute atomic E-state index is 2.51. The highest BCUT2D eigenvalue weighted by molar-refractivity contribution is 6.13. The molecule has 0 unspecified atom stereocenters. The van der Waals surface area contributed by atoms with Crippen molar-refractivity contribution in [3.8, 4) is 89.3 Å². The molecule has 17 aromatic carbocycles. The average molecular weight is 1510 g/mol. The Morgan fingerprint density at radius 3 is 0.805 bits per heavy atom. The van der Waals surface area contributed by atoms with Gasteiger partial charge >= 0.3 is 0 Å². The maximum Gasteiger partial charge on any atom is 0.0544 e. The van der Waals surface area contributed by atoms with Gasteiger partial charge < -0.3 is 18.9 Å². The van der Waals surface area contributed by atoms with Crippen LogP contribution in [0.1, 0.15) is 99.9 Å². The monoisotopic (exact) mass is 1510 g/mol. The van der Waals surface area contributed by atoms with Gasteiger partial charge in [-0.25, -0.2) is 0 Å². The van der Waals surface area contributed by atoms with Gasteiger partial charge in [-0.2, -0.15) is 0 Å². The van der Waals surface area contributed by atoms with Crippen molar-refractivity contribution >= 4 is 77.7 Å². The number of para-hydroxylation sites is 3. The van der Waals surface area contributed by atoms with Crippen LogP contribution in [0.3, 0.4) is 0 Å². The normalized spacial score (nSPS) is 14.2. The summed E-state index contributed by atoms with van der Waals surface area (Å²) in [4.78, 5) is 4.79. The quantitative estimate of drug-likeness (QED) is 0.128. The van der Waals surface area contributed by atoms with E-state index in [4.69, 9.17) is 0 Å². The first-order valence-corrected chi connectivity index (χ1v) is 41.6. The van der Waals surface area contributed by atoms with Crippen molar-refractivity contribution in [3.63, 3.8) is 0 Å². The molecule has 19 aromatic rings. The average Bonchev–Trinajstić information content (AvgIpc) is 1.55. The molecule has 0 amide bonds. The zero-order chi connectivity index (χ0) is 79.5. The third-order valence-corrected chi connectivity index (χ3v) is 26.8. The summed E-state index contributed by atoms with van der Waals surface area (Å²) in [7, 11) is 0. The number of nitrogens with zero attached hydrogens (tertiary/aromatic N) is 4. The van der Waals surface area contributed by atoms with Crippen molar-refractivity contribution in [2.45, 2.75) is 77.0 Å². The first-order valence-electron chi connectivity index (χ1n) is 41.6. The number of hydrogen-bond acceptors (Lipinski definition) is 2. The molecule has 0 saturated heterocycles. The van der Waals surface area contributed by atoms with Gasteiger partial charge in [0.15, 0.2) is 0 Å². The number of fused-ring (bicyclic) bond motifs is 18. The molecule has 0 N–H and O–H groups in total. The van der Waals surface area contributed by atoms with E-state index in [1.807, 2.05) is 0 Å². The molecule has 4 aliphatic rings. The predicted molar refractivity (Wildman–Crippen MR) is 497 cm³/mol. The topological polar surface area (TPSA) is 16.3 Å². The van der Waals surface area contributed by atoms with E-state index in [1.54, 1.807) is 0 Å². The molecule has 4 aliphatic carbocycles. The Morgan fingerprint density at radius 2 is 0.432 bits per heavy atom. The minimum atomic E-state index is -0.236. The van der Waals surface area contributed by atoms with Crippen LogP contribution >= 0.6 is 0 Å². The molecule has 2 aromatic heterocycles. The molecule has 564 valence electrons. The molecule has 0 aliphatic heterocycles. The van der Waals surface area contributed by atoms with Gasteiger partial charge in [0.05, 0.1) is 22.1 Å². The lowest BCUT2D eigenvalue weighted by atomic mass is 9.82. The third kappa shape index (κ3) is 11.0. The highest BCUT2D eigenvalue weighted by atomic mass is 15.1. The standard InChI is InChI=1S/C60H46N2.C54H42N2/c1-59(2)53-21-13-11-19-47(53)51-37-52-50-20-12-14-22-57(50)62(58(52)38-56(51)59)46-32-34-49-48-33-31-45(35-54(48)60(3,4)55(49)36-46)61(43-27-23-41(24-28-43)39-15-7-5-8-16-39)44-29-25-42(26-30-44)40-17-9-6-10-18-40;1-53(2)47-21-13-11-19-41(47)45-33-46-44-20-12-14-22-51(44)56(52(46)34-50(45)53)40-28-30-43-42-29-27-39(31-48(42)54(3,4)49(43)32-40)55(37-17-9-6-10-18-37)38-25-23-36(24-26-38)35-15-7-5-8-16-35/h5-38H,1-4H3;5-34H,1-4H3. The van der Waals surface area contributed by atoms with Crippen LogP contribution in [-0.2, 0) is 21.7 Å². The first kappa shape index (κ1) is 70.6. The lowest BCUT2D eigenvalue weighted by Gasteiger charge is -2.28. The van der Waals surface area contributed by atoms with Gasteiger partial charge in [-0.1, -0.05) is 310 Å². The van der Waals surface area contributed by atoms with Crippen LogP contribution < -0.4 is 9.80 Å². The molecule has 0 bridgehead atoms. The van der Waals surface area contributed by atoms with Crippen molar-refractivity contribution in [1.29, 1.82) is 0 Å². The highest BCUT2D eigenvalue weighted by Gasteiger charge is 2.42. The number of benzene rings is 17. The summed E-state index contributed by atoms with van der Waals surface area (Å²) in [5.41, 5.74) is 42.6. The molecule has 2 heterocycles. The van der Waals surface area contributed by atoms with Gasteiger partial charge in [0, 0.05) is 88.7 Å². The van der Waals surface area contributed by atoms with Crippen molar-refractivity contribution < 1.29 is 0 Å². The number of aromatic nitrogens is 2. The Labute approximate surface area is 691 Å². The molecule has 4 heteroatoms. The van der Waals surface area contributed by atoms with Gasteiger partial charge in [-0.3, -0.25) is 0 Å². The third-order valence-electron chi connectivity index (χ3n) is 26.8. The summed E-state index contributed by atoms with van der Waals surface area (Å²) in [6.07, 6.45) is 0. The van der Waals surface area contributed by atoms with E-state index in [0.29, 0.717) is 0 Å². The summed E-state index contributed by atoms with van der Waals surface area (Å²) >= 11 is 0. The summed E-state index contributed by atoms with van der Waals surface area (Å²) in [6.45, 7) is 19.1.